The van der Waals surface area contributed by atoms with Gasteiger partial charge in [-0.25, -0.2) is 4.39 Å². The van der Waals surface area contributed by atoms with Crippen LogP contribution in [0.15, 0.2) is 91.0 Å². The summed E-state index contributed by atoms with van der Waals surface area (Å²) < 4.78 is 19.5. The molecule has 2 amide bonds. The van der Waals surface area contributed by atoms with Gasteiger partial charge in [0.1, 0.15) is 17.6 Å². The molecule has 8 heteroatoms. The molecule has 1 aromatic heterocycles. The molecule has 2 N–H and O–H groups in total. The fourth-order valence-corrected chi connectivity index (χ4v) is 4.98. The maximum atomic E-state index is 14.1. The molecule has 0 bridgehead atoms. The number of hydrogen-bond acceptors (Lipinski definition) is 3. The molecule has 5 rings (SSSR count). The number of H-pyrrole nitrogens is 1. The Bertz CT molecular complexity index is 1420. The van der Waals surface area contributed by atoms with E-state index >= 15 is 0 Å². The molecule has 1 fully saturated rings. The summed E-state index contributed by atoms with van der Waals surface area (Å²) in [5, 5.41) is 3.44. The second-order valence-electron chi connectivity index (χ2n) is 9.51. The summed E-state index contributed by atoms with van der Waals surface area (Å²) in [4.78, 5) is 32.6. The van der Waals surface area contributed by atoms with Crippen molar-refractivity contribution in [2.45, 2.75) is 31.5 Å². The molecule has 0 spiro atoms. The molecule has 1 aliphatic rings. The van der Waals surface area contributed by atoms with E-state index in [4.69, 9.17) is 16.3 Å². The van der Waals surface area contributed by atoms with Crippen molar-refractivity contribution in [2.24, 2.45) is 0 Å². The van der Waals surface area contributed by atoms with Gasteiger partial charge in [0.05, 0.1) is 6.10 Å². The third-order valence-electron chi connectivity index (χ3n) is 6.83. The lowest BCUT2D eigenvalue weighted by atomic mass is 10.0. The van der Waals surface area contributed by atoms with Crippen molar-refractivity contribution in [3.63, 3.8) is 0 Å². The quantitative estimate of drug-likeness (QED) is 0.265. The molecular formula is C31H29ClFN3O3. The van der Waals surface area contributed by atoms with Crippen molar-refractivity contribution >= 4 is 23.4 Å². The van der Waals surface area contributed by atoms with Crippen LogP contribution < -0.4 is 5.32 Å². The normalized spacial score (nSPS) is 15.6. The van der Waals surface area contributed by atoms with Crippen LogP contribution in [0.5, 0.6) is 0 Å². The molecule has 39 heavy (non-hydrogen) atoms. The van der Waals surface area contributed by atoms with Crippen molar-refractivity contribution < 1.29 is 18.7 Å². The van der Waals surface area contributed by atoms with Gasteiger partial charge in [-0.1, -0.05) is 72.3 Å². The maximum Gasteiger partial charge on any atom is 0.271 e. The Balaban J connectivity index is 1.52. The summed E-state index contributed by atoms with van der Waals surface area (Å²) in [6, 6.07) is 25.0. The van der Waals surface area contributed by atoms with Gasteiger partial charge in [-0.05, 0) is 59.9 Å². The third kappa shape index (κ3) is 6.38. The summed E-state index contributed by atoms with van der Waals surface area (Å²) in [5.41, 5.74) is 3.19. The SMILES string of the molecule is O=C(NC[C@@H]1CCCO1)[C@@H](c1ccc(F)cc1)N(Cc1ccccc1Cl)C(=O)c1ccc(-c2ccccc2)[nH]1. The fourth-order valence-electron chi connectivity index (χ4n) is 4.79. The molecule has 4 aromatic rings. The van der Waals surface area contributed by atoms with E-state index in [1.807, 2.05) is 48.5 Å². The van der Waals surface area contributed by atoms with Gasteiger partial charge in [-0.2, -0.15) is 0 Å². The minimum Gasteiger partial charge on any atom is -0.376 e. The highest BCUT2D eigenvalue weighted by molar-refractivity contribution is 6.31. The average Bonchev–Trinajstić information content (AvgIpc) is 3.67. The minimum absolute atomic E-state index is 0.0631. The van der Waals surface area contributed by atoms with Crippen molar-refractivity contribution in [3.8, 4) is 11.3 Å². The molecule has 2 atom stereocenters. The van der Waals surface area contributed by atoms with Crippen LogP contribution in [-0.4, -0.2) is 41.0 Å². The lowest BCUT2D eigenvalue weighted by Gasteiger charge is -2.32. The van der Waals surface area contributed by atoms with Crippen molar-refractivity contribution in [1.82, 2.24) is 15.2 Å². The molecule has 1 aliphatic heterocycles. The first-order valence-electron chi connectivity index (χ1n) is 12.9. The highest BCUT2D eigenvalue weighted by Gasteiger charge is 2.34. The Kier molecular flexibility index (Phi) is 8.39. The predicted molar refractivity (Wildman–Crippen MR) is 149 cm³/mol. The zero-order valence-corrected chi connectivity index (χ0v) is 22.0. The molecule has 200 valence electrons. The van der Waals surface area contributed by atoms with E-state index in [1.54, 1.807) is 18.2 Å². The van der Waals surface area contributed by atoms with E-state index in [9.17, 15) is 14.0 Å². The highest BCUT2D eigenvalue weighted by atomic mass is 35.5. The van der Waals surface area contributed by atoms with Gasteiger partial charge in [0.2, 0.25) is 5.91 Å². The molecule has 0 unspecified atom stereocenters. The number of ether oxygens (including phenoxy) is 1. The summed E-state index contributed by atoms with van der Waals surface area (Å²) in [7, 11) is 0. The fraction of sp³-hybridized carbons (Fsp3) is 0.226. The maximum absolute atomic E-state index is 14.1. The van der Waals surface area contributed by atoms with Gasteiger partial charge < -0.3 is 19.9 Å². The van der Waals surface area contributed by atoms with E-state index in [2.05, 4.69) is 10.3 Å². The van der Waals surface area contributed by atoms with Crippen LogP contribution in [-0.2, 0) is 16.1 Å². The first-order chi connectivity index (χ1) is 19.0. The van der Waals surface area contributed by atoms with Crippen LogP contribution in [0.2, 0.25) is 5.02 Å². The van der Waals surface area contributed by atoms with Gasteiger partial charge in [0, 0.05) is 30.4 Å². The standard InChI is InChI=1S/C31H29ClFN3O3/c32-26-11-5-4-9-23(26)20-36(31(38)28-17-16-27(35-28)21-7-2-1-3-8-21)29(22-12-14-24(33)15-13-22)30(37)34-19-25-10-6-18-39-25/h1-5,7-9,11-17,25,29,35H,6,10,18-20H2,(H,34,37)/t25-,29+/m0/s1. The lowest BCUT2D eigenvalue weighted by Crippen LogP contribution is -2.45. The second kappa shape index (κ2) is 12.3. The lowest BCUT2D eigenvalue weighted by molar-refractivity contribution is -0.126. The highest BCUT2D eigenvalue weighted by Crippen LogP contribution is 2.29. The zero-order chi connectivity index (χ0) is 27.2. The molecule has 0 saturated carbocycles. The van der Waals surface area contributed by atoms with Crippen molar-refractivity contribution in [3.05, 3.63) is 119 Å². The van der Waals surface area contributed by atoms with Crippen molar-refractivity contribution in [1.29, 1.82) is 0 Å². The van der Waals surface area contributed by atoms with Gasteiger partial charge in [0.15, 0.2) is 0 Å². The van der Waals surface area contributed by atoms with E-state index < -0.39 is 17.8 Å². The molecule has 0 aliphatic carbocycles. The van der Waals surface area contributed by atoms with E-state index in [0.29, 0.717) is 35.0 Å². The number of aromatic nitrogens is 1. The van der Waals surface area contributed by atoms with Crippen LogP contribution in [0.25, 0.3) is 11.3 Å². The number of carbonyl (C=O) groups is 2. The third-order valence-corrected chi connectivity index (χ3v) is 7.20. The Morgan fingerprint density at radius 1 is 1.00 bits per heavy atom. The van der Waals surface area contributed by atoms with Crippen LogP contribution in [0.4, 0.5) is 4.39 Å². The number of nitrogens with zero attached hydrogens (tertiary/aromatic N) is 1. The van der Waals surface area contributed by atoms with E-state index in [1.165, 1.54) is 29.2 Å². The average molecular weight is 546 g/mol. The predicted octanol–water partition coefficient (Wildman–Crippen LogP) is 6.15. The second-order valence-corrected chi connectivity index (χ2v) is 9.92. The monoisotopic (exact) mass is 545 g/mol. The van der Waals surface area contributed by atoms with Gasteiger partial charge >= 0.3 is 0 Å². The molecule has 2 heterocycles. The number of rotatable bonds is 9. The van der Waals surface area contributed by atoms with Gasteiger partial charge in [-0.15, -0.1) is 0 Å². The van der Waals surface area contributed by atoms with E-state index in [0.717, 1.165) is 24.1 Å². The topological polar surface area (TPSA) is 74.4 Å². The number of hydrogen-bond donors (Lipinski definition) is 2. The van der Waals surface area contributed by atoms with Crippen molar-refractivity contribution in [2.75, 3.05) is 13.2 Å². The first kappa shape index (κ1) is 26.7. The van der Waals surface area contributed by atoms with Crippen LogP contribution in [0, 0.1) is 5.82 Å². The van der Waals surface area contributed by atoms with Crippen LogP contribution in [0.3, 0.4) is 0 Å². The summed E-state index contributed by atoms with van der Waals surface area (Å²) >= 11 is 6.49. The molecule has 6 nitrogen and oxygen atoms in total. The Morgan fingerprint density at radius 2 is 1.74 bits per heavy atom. The summed E-state index contributed by atoms with van der Waals surface area (Å²) in [6.07, 6.45) is 1.72. The summed E-state index contributed by atoms with van der Waals surface area (Å²) in [5.74, 6) is -1.20. The summed E-state index contributed by atoms with van der Waals surface area (Å²) in [6.45, 7) is 1.05. The molecular weight excluding hydrogens is 517 g/mol. The van der Waals surface area contributed by atoms with Gasteiger partial charge in [0.25, 0.3) is 5.91 Å². The molecule has 0 radical (unpaired) electrons. The number of aromatic amines is 1. The van der Waals surface area contributed by atoms with E-state index in [-0.39, 0.29) is 18.6 Å². The Morgan fingerprint density at radius 3 is 2.46 bits per heavy atom. The zero-order valence-electron chi connectivity index (χ0n) is 21.3. The smallest absolute Gasteiger partial charge is 0.271 e. The largest absolute Gasteiger partial charge is 0.376 e. The number of carbonyl (C=O) groups excluding carboxylic acids is 2. The number of nitrogens with one attached hydrogen (secondary N) is 2. The molecule has 3 aromatic carbocycles. The van der Waals surface area contributed by atoms with Crippen LogP contribution in [0.1, 0.15) is 40.5 Å². The van der Waals surface area contributed by atoms with Crippen LogP contribution >= 0.6 is 11.6 Å². The van der Waals surface area contributed by atoms with Gasteiger partial charge in [-0.3, -0.25) is 9.59 Å². The number of benzene rings is 3. The number of amides is 2. The Labute approximate surface area is 231 Å². The first-order valence-corrected chi connectivity index (χ1v) is 13.3. The minimum atomic E-state index is -1.04. The number of halogens is 2. The Hall–Kier alpha value is -3.94. The molecule has 1 saturated heterocycles.